The zero-order valence-corrected chi connectivity index (χ0v) is 53.7. The SMILES string of the molecule is CC(C)([PH2+]c1ccccc1)c1ccc[cH-]1.CC(C)([PH2+]c1ccccc1)c1ccc[cH-]1.Cc1c(C)c(C)[c-](C)c1C.Cc1c(C)c(C)[c-](C)c1C.[Cl][Ta]([Cl])([Cl])[Cl].[Cl][Ta]([Cl])([Cl])[Cl].[Fe]. The molecule has 0 spiro atoms. The fourth-order valence-electron chi connectivity index (χ4n) is 6.52. The second kappa shape index (κ2) is 29.0. The fraction of sp³-hybridized carbons (Fsp3) is 0.333. The van der Waals surface area contributed by atoms with E-state index in [0.29, 0.717) is 10.3 Å². The minimum Gasteiger partial charge on any atom is 0 e. The number of halogens is 8. The van der Waals surface area contributed by atoms with E-state index >= 15 is 0 Å². The largest absolute Gasteiger partial charge is 0 e. The van der Waals surface area contributed by atoms with E-state index in [1.807, 2.05) is 0 Å². The van der Waals surface area contributed by atoms with Crippen LogP contribution in [0.3, 0.4) is 0 Å². The summed E-state index contributed by atoms with van der Waals surface area (Å²) in [6.07, 6.45) is 0. The molecule has 0 bridgehead atoms. The van der Waals surface area contributed by atoms with Gasteiger partial charge in [0, 0.05) is 34.2 Å². The molecule has 0 N–H and O–H groups in total. The quantitative estimate of drug-likeness (QED) is 0.0886. The molecular formula is C48H64Cl8FeP2Ta2-2. The van der Waals surface area contributed by atoms with Crippen LogP contribution in [0.1, 0.15) is 94.5 Å². The van der Waals surface area contributed by atoms with Gasteiger partial charge in [-0.2, -0.15) is 79.9 Å². The number of rotatable bonds is 6. The molecule has 0 aliphatic heterocycles. The zero-order chi connectivity index (χ0) is 46.2. The molecule has 0 aromatic heterocycles. The summed E-state index contributed by atoms with van der Waals surface area (Å²) >= 11 is -6.67. The van der Waals surface area contributed by atoms with Crippen molar-refractivity contribution >= 4 is 101 Å². The van der Waals surface area contributed by atoms with Crippen molar-refractivity contribution in [2.75, 3.05) is 0 Å². The maximum Gasteiger partial charge on any atom is 0 e. The molecule has 0 saturated heterocycles. The molecule has 61 heavy (non-hydrogen) atoms. The van der Waals surface area contributed by atoms with Gasteiger partial charge in [0.15, 0.2) is 0 Å². The smallest absolute Gasteiger partial charge is 0 e. The van der Waals surface area contributed by atoms with Crippen LogP contribution in [-0.2, 0) is 53.0 Å². The number of hydrogen-bond acceptors (Lipinski definition) is 0. The van der Waals surface area contributed by atoms with Crippen LogP contribution in [0, 0.1) is 69.2 Å². The summed E-state index contributed by atoms with van der Waals surface area (Å²) in [5.41, 5.74) is 17.6. The third kappa shape index (κ3) is 24.6. The maximum atomic E-state index is 5.04. The van der Waals surface area contributed by atoms with Gasteiger partial charge < -0.3 is 0 Å². The van der Waals surface area contributed by atoms with Crippen LogP contribution >= 0.6 is 90.7 Å². The van der Waals surface area contributed by atoms with Crippen molar-refractivity contribution in [3.05, 3.63) is 176 Å². The molecule has 6 aromatic carbocycles. The third-order valence-corrected chi connectivity index (χ3v) is 14.6. The first-order chi connectivity index (χ1) is 27.5. The standard InChI is InChI=1S/2C14H16P.2C10H15.8ClH.Fe.2Ta/c2*1-14(2,12-8-6-7-9-12)15-13-10-4-3-5-11-13;2*1-6-7(2)9(4)10(5)8(6)3;;;;;;;;;;;/h2*3-11,15H,1-2H3;2*1-5H3;8*1H;;;/q4*-1;;;;;;;;;;2*+4/p-6. The first-order valence-electron chi connectivity index (χ1n) is 19.5. The van der Waals surface area contributed by atoms with Crippen LogP contribution in [0.4, 0.5) is 0 Å². The Labute approximate surface area is 422 Å². The molecule has 6 aromatic rings. The average molecular weight is 1400 g/mol. The molecule has 0 saturated carbocycles. The molecule has 6 rings (SSSR count). The molecule has 0 nitrogen and oxygen atoms in total. The van der Waals surface area contributed by atoms with Crippen LogP contribution < -0.4 is 10.6 Å². The first-order valence-corrected chi connectivity index (χ1v) is 53.6. The van der Waals surface area contributed by atoms with Crippen LogP contribution in [0.5, 0.6) is 0 Å². The van der Waals surface area contributed by atoms with Gasteiger partial charge in [0.2, 0.25) is 0 Å². The Morgan fingerprint density at radius 2 is 0.656 bits per heavy atom. The summed E-state index contributed by atoms with van der Waals surface area (Å²) in [5.74, 6) is 0. The van der Waals surface area contributed by atoms with Crippen molar-refractivity contribution < 1.29 is 42.7 Å². The minimum atomic E-state index is -3.33. The Balaban J connectivity index is 0.000000738. The Hall–Kier alpha value is 1.02. The van der Waals surface area contributed by atoms with Crippen molar-refractivity contribution in [2.24, 2.45) is 0 Å². The van der Waals surface area contributed by atoms with Crippen LogP contribution in [0.2, 0.25) is 0 Å². The molecule has 2 atom stereocenters. The Morgan fingerprint density at radius 1 is 0.426 bits per heavy atom. The molecule has 0 fully saturated rings. The third-order valence-electron chi connectivity index (χ3n) is 11.1. The molecule has 0 aliphatic rings. The predicted octanol–water partition coefficient (Wildman–Crippen LogP) is 18.2. The van der Waals surface area contributed by atoms with E-state index in [-0.39, 0.29) is 34.2 Å². The van der Waals surface area contributed by atoms with Crippen molar-refractivity contribution in [2.45, 2.75) is 107 Å². The second-order valence-corrected chi connectivity index (χ2v) is 76.4. The van der Waals surface area contributed by atoms with Crippen LogP contribution in [0.15, 0.2) is 109 Å². The molecule has 13 heteroatoms. The van der Waals surface area contributed by atoms with Gasteiger partial charge in [-0.3, -0.25) is 0 Å². The molecule has 0 aliphatic carbocycles. The van der Waals surface area contributed by atoms with E-state index in [1.54, 1.807) is 0 Å². The topological polar surface area (TPSA) is 0 Å². The number of hydrogen-bond donors (Lipinski definition) is 0. The van der Waals surface area contributed by atoms with E-state index in [1.165, 1.54) is 77.4 Å². The summed E-state index contributed by atoms with van der Waals surface area (Å²) in [4.78, 5) is 0. The van der Waals surface area contributed by atoms with Gasteiger partial charge in [-0.1, -0.05) is 106 Å². The monoisotopic (exact) mass is 1400 g/mol. The molecule has 0 amide bonds. The second-order valence-electron chi connectivity index (χ2n) is 15.9. The van der Waals surface area contributed by atoms with Crippen molar-refractivity contribution in [1.29, 1.82) is 0 Å². The van der Waals surface area contributed by atoms with E-state index in [4.69, 9.17) is 73.5 Å². The Kier molecular flexibility index (Phi) is 29.5. The van der Waals surface area contributed by atoms with Gasteiger partial charge in [-0.15, -0.1) is 11.1 Å². The van der Waals surface area contributed by atoms with Crippen molar-refractivity contribution in [3.63, 3.8) is 0 Å². The summed E-state index contributed by atoms with van der Waals surface area (Å²) in [7, 11) is 40.9. The van der Waals surface area contributed by atoms with Gasteiger partial charge in [0.05, 0.1) is 20.9 Å². The molecule has 0 radical (unpaired) electrons. The molecule has 0 heterocycles. The summed E-state index contributed by atoms with van der Waals surface area (Å²) in [6, 6.07) is 39.1. The van der Waals surface area contributed by atoms with E-state index < -0.39 is 25.6 Å². The number of benzene rings is 2. The molecular weight excluding hydrogens is 1340 g/mol. The zero-order valence-electron chi connectivity index (χ0n) is 37.8. The predicted molar refractivity (Wildman–Crippen MR) is 280 cm³/mol. The van der Waals surface area contributed by atoms with Gasteiger partial charge in [0.1, 0.15) is 0 Å². The van der Waals surface area contributed by atoms with Gasteiger partial charge in [-0.25, -0.2) is 24.3 Å². The fourth-order valence-corrected chi connectivity index (χ4v) is 9.73. The molecule has 2 unspecified atom stereocenters. The average Bonchev–Trinajstić information content (AvgIpc) is 3.96. The van der Waals surface area contributed by atoms with Gasteiger partial charge in [-0.05, 0) is 52.0 Å². The Bertz CT molecular complexity index is 1770. The van der Waals surface area contributed by atoms with Crippen molar-refractivity contribution in [3.8, 4) is 0 Å². The first kappa shape index (κ1) is 62.0. The van der Waals surface area contributed by atoms with Crippen molar-refractivity contribution in [1.82, 2.24) is 0 Å². The summed E-state index contributed by atoms with van der Waals surface area (Å²) in [5, 5.41) is 3.60. The van der Waals surface area contributed by atoms with Gasteiger partial charge in [0.25, 0.3) is 0 Å². The summed E-state index contributed by atoms with van der Waals surface area (Å²) in [6.45, 7) is 31.3. The maximum absolute atomic E-state index is 5.04. The van der Waals surface area contributed by atoms with Crippen LogP contribution in [0.25, 0.3) is 0 Å². The van der Waals surface area contributed by atoms with E-state index in [9.17, 15) is 0 Å². The normalized spacial score (nSPS) is 11.5. The van der Waals surface area contributed by atoms with Gasteiger partial charge >= 0.3 is 99.1 Å². The molecule has 342 valence electrons. The summed E-state index contributed by atoms with van der Waals surface area (Å²) < 4.78 is 0. The minimum absolute atomic E-state index is 0. The van der Waals surface area contributed by atoms with E-state index in [2.05, 4.69) is 206 Å². The van der Waals surface area contributed by atoms with E-state index in [0.717, 1.165) is 0 Å². The van der Waals surface area contributed by atoms with Crippen LogP contribution in [-0.4, -0.2) is 0 Å². The Morgan fingerprint density at radius 3 is 0.820 bits per heavy atom.